The lowest BCUT2D eigenvalue weighted by molar-refractivity contribution is -0.170. The fourth-order valence-electron chi connectivity index (χ4n) is 4.53. The normalized spacial score (nSPS) is 33.9. The van der Waals surface area contributed by atoms with Crippen LogP contribution < -0.4 is 0 Å². The minimum absolute atomic E-state index is 0.0476. The molecule has 2 bridgehead atoms. The summed E-state index contributed by atoms with van der Waals surface area (Å²) in [6.45, 7) is 2.85. The Morgan fingerprint density at radius 1 is 1.32 bits per heavy atom. The zero-order valence-electron chi connectivity index (χ0n) is 14.2. The van der Waals surface area contributed by atoms with Gasteiger partial charge in [0.05, 0.1) is 0 Å². The van der Waals surface area contributed by atoms with Gasteiger partial charge in [-0.2, -0.15) is 0 Å². The average Bonchev–Trinajstić information content (AvgIpc) is 2.92. The molecule has 4 rings (SSSR count). The lowest BCUT2D eigenvalue weighted by Gasteiger charge is -2.41. The van der Waals surface area contributed by atoms with E-state index >= 15 is 0 Å². The SMILES string of the molecule is C[C@@H]1[C@H]2O[C@@]3(CCCCCN3C2=O)[C@H]1C(=O)OCc1ccc(Br)cc1. The molecular formula is C19H22BrNO4. The van der Waals surface area contributed by atoms with Crippen molar-refractivity contribution in [1.29, 1.82) is 0 Å². The van der Waals surface area contributed by atoms with E-state index in [0.29, 0.717) is 6.54 Å². The van der Waals surface area contributed by atoms with E-state index in [9.17, 15) is 9.59 Å². The highest BCUT2D eigenvalue weighted by molar-refractivity contribution is 9.10. The molecule has 1 spiro atoms. The van der Waals surface area contributed by atoms with Crippen LogP contribution in [0, 0.1) is 11.8 Å². The van der Waals surface area contributed by atoms with Gasteiger partial charge in [-0.05, 0) is 37.0 Å². The molecule has 0 aromatic heterocycles. The molecule has 4 atom stereocenters. The molecule has 0 saturated carbocycles. The van der Waals surface area contributed by atoms with E-state index in [4.69, 9.17) is 9.47 Å². The van der Waals surface area contributed by atoms with Gasteiger partial charge >= 0.3 is 5.97 Å². The van der Waals surface area contributed by atoms with E-state index in [1.807, 2.05) is 36.1 Å². The van der Waals surface area contributed by atoms with Gasteiger partial charge in [0, 0.05) is 16.9 Å². The number of amides is 1. The maximum absolute atomic E-state index is 12.9. The first kappa shape index (κ1) is 17.0. The summed E-state index contributed by atoms with van der Waals surface area (Å²) >= 11 is 3.40. The Hall–Kier alpha value is -1.40. The van der Waals surface area contributed by atoms with Gasteiger partial charge in [0.15, 0.2) is 5.72 Å². The fourth-order valence-corrected chi connectivity index (χ4v) is 4.79. The number of carbonyl (C=O) groups is 2. The first-order valence-corrected chi connectivity index (χ1v) is 9.72. The van der Waals surface area contributed by atoms with Gasteiger partial charge in [0.2, 0.25) is 0 Å². The summed E-state index contributed by atoms with van der Waals surface area (Å²) in [7, 11) is 0. The molecule has 0 aliphatic carbocycles. The zero-order valence-corrected chi connectivity index (χ0v) is 15.8. The Morgan fingerprint density at radius 2 is 2.08 bits per heavy atom. The molecule has 3 fully saturated rings. The highest BCUT2D eigenvalue weighted by Crippen LogP contribution is 2.53. The van der Waals surface area contributed by atoms with Gasteiger partial charge in [-0.1, -0.05) is 41.4 Å². The van der Waals surface area contributed by atoms with Crippen molar-refractivity contribution in [1.82, 2.24) is 4.90 Å². The topological polar surface area (TPSA) is 55.8 Å². The standard InChI is InChI=1S/C19H22BrNO4/c1-12-15(18(23)24-11-13-5-7-14(20)8-6-13)19-9-3-2-4-10-21(19)17(22)16(12)25-19/h5-8,12,15-16H,2-4,9-11H2,1H3/t12-,15+,16+,19-/m0/s1. The smallest absolute Gasteiger partial charge is 0.314 e. The van der Waals surface area contributed by atoms with Gasteiger partial charge in [0.1, 0.15) is 18.6 Å². The van der Waals surface area contributed by atoms with Crippen LogP contribution in [0.25, 0.3) is 0 Å². The monoisotopic (exact) mass is 407 g/mol. The molecule has 5 nitrogen and oxygen atoms in total. The molecule has 0 N–H and O–H groups in total. The maximum Gasteiger partial charge on any atom is 0.314 e. The highest BCUT2D eigenvalue weighted by atomic mass is 79.9. The number of fused-ring (bicyclic) bond motifs is 1. The number of benzene rings is 1. The van der Waals surface area contributed by atoms with Crippen LogP contribution >= 0.6 is 15.9 Å². The number of ether oxygens (including phenoxy) is 2. The van der Waals surface area contributed by atoms with Crippen LogP contribution in [-0.4, -0.2) is 35.2 Å². The lowest BCUT2D eigenvalue weighted by Crippen LogP contribution is -2.58. The Morgan fingerprint density at radius 3 is 2.84 bits per heavy atom. The second kappa shape index (κ2) is 6.40. The predicted molar refractivity (Wildman–Crippen MR) is 94.4 cm³/mol. The molecule has 1 amide bonds. The second-order valence-electron chi connectivity index (χ2n) is 7.25. The van der Waals surface area contributed by atoms with Crippen molar-refractivity contribution < 1.29 is 19.1 Å². The van der Waals surface area contributed by atoms with E-state index in [0.717, 1.165) is 35.7 Å². The average molecular weight is 408 g/mol. The van der Waals surface area contributed by atoms with Gasteiger partial charge in [0.25, 0.3) is 5.91 Å². The molecule has 3 saturated heterocycles. The lowest BCUT2D eigenvalue weighted by atomic mass is 9.78. The van der Waals surface area contributed by atoms with Crippen LogP contribution in [0.5, 0.6) is 0 Å². The van der Waals surface area contributed by atoms with E-state index < -0.39 is 17.7 Å². The van der Waals surface area contributed by atoms with E-state index in [1.54, 1.807) is 0 Å². The second-order valence-corrected chi connectivity index (χ2v) is 8.17. The summed E-state index contributed by atoms with van der Waals surface area (Å²) < 4.78 is 12.8. The Balaban J connectivity index is 1.53. The van der Waals surface area contributed by atoms with Gasteiger partial charge in [-0.25, -0.2) is 0 Å². The number of hydrogen-bond donors (Lipinski definition) is 0. The fraction of sp³-hybridized carbons (Fsp3) is 0.579. The van der Waals surface area contributed by atoms with Crippen molar-refractivity contribution in [3.63, 3.8) is 0 Å². The third-order valence-corrected chi connectivity index (χ3v) is 6.28. The molecule has 25 heavy (non-hydrogen) atoms. The summed E-state index contributed by atoms with van der Waals surface area (Å²) in [4.78, 5) is 27.3. The maximum atomic E-state index is 12.9. The molecule has 6 heteroatoms. The van der Waals surface area contributed by atoms with Gasteiger partial charge in [-0.15, -0.1) is 0 Å². The number of piperidine rings is 1. The molecule has 0 unspecified atom stereocenters. The first-order chi connectivity index (χ1) is 12.0. The molecule has 1 aromatic rings. The highest BCUT2D eigenvalue weighted by Gasteiger charge is 2.68. The Kier molecular flexibility index (Phi) is 4.36. The Bertz CT molecular complexity index is 691. The quantitative estimate of drug-likeness (QED) is 0.721. The van der Waals surface area contributed by atoms with Crippen molar-refractivity contribution in [2.75, 3.05) is 6.54 Å². The van der Waals surface area contributed by atoms with Gasteiger partial charge < -0.3 is 14.4 Å². The zero-order chi connectivity index (χ0) is 17.6. The van der Waals surface area contributed by atoms with Crippen LogP contribution in [0.2, 0.25) is 0 Å². The van der Waals surface area contributed by atoms with Crippen LogP contribution in [0.4, 0.5) is 0 Å². The number of nitrogens with zero attached hydrogens (tertiary/aromatic N) is 1. The number of hydrogen-bond acceptors (Lipinski definition) is 4. The molecule has 3 aliphatic rings. The van der Waals surface area contributed by atoms with Crippen molar-refractivity contribution in [3.8, 4) is 0 Å². The summed E-state index contributed by atoms with van der Waals surface area (Å²) in [6, 6.07) is 7.71. The number of halogens is 1. The third kappa shape index (κ3) is 2.70. The minimum Gasteiger partial charge on any atom is -0.460 e. The molecule has 0 radical (unpaired) electrons. The summed E-state index contributed by atoms with van der Waals surface area (Å²) in [5.41, 5.74) is 0.161. The molecule has 134 valence electrons. The van der Waals surface area contributed by atoms with Crippen LogP contribution in [-0.2, 0) is 25.7 Å². The molecular weight excluding hydrogens is 386 g/mol. The van der Waals surface area contributed by atoms with Crippen molar-refractivity contribution in [2.24, 2.45) is 11.8 Å². The molecule has 1 aromatic carbocycles. The minimum atomic E-state index is -0.783. The van der Waals surface area contributed by atoms with Crippen molar-refractivity contribution in [3.05, 3.63) is 34.3 Å². The third-order valence-electron chi connectivity index (χ3n) is 5.75. The van der Waals surface area contributed by atoms with E-state index in [1.165, 1.54) is 0 Å². The first-order valence-electron chi connectivity index (χ1n) is 8.93. The van der Waals surface area contributed by atoms with Gasteiger partial charge in [-0.3, -0.25) is 9.59 Å². The Labute approximate surface area is 155 Å². The number of carbonyl (C=O) groups excluding carboxylic acids is 2. The van der Waals surface area contributed by atoms with Crippen molar-refractivity contribution >= 4 is 27.8 Å². The number of rotatable bonds is 3. The van der Waals surface area contributed by atoms with Crippen LogP contribution in [0.15, 0.2) is 28.7 Å². The summed E-state index contributed by atoms with van der Waals surface area (Å²) in [5, 5.41) is 0. The summed E-state index contributed by atoms with van der Waals surface area (Å²) in [6.07, 6.45) is 3.23. The van der Waals surface area contributed by atoms with Crippen LogP contribution in [0.3, 0.4) is 0 Å². The largest absolute Gasteiger partial charge is 0.460 e. The van der Waals surface area contributed by atoms with Crippen molar-refractivity contribution in [2.45, 2.75) is 51.0 Å². The summed E-state index contributed by atoms with van der Waals surface area (Å²) in [5.74, 6) is -0.744. The number of esters is 1. The van der Waals surface area contributed by atoms with E-state index in [2.05, 4.69) is 15.9 Å². The van der Waals surface area contributed by atoms with Crippen LogP contribution in [0.1, 0.15) is 38.2 Å². The predicted octanol–water partition coefficient (Wildman–Crippen LogP) is 3.26. The van der Waals surface area contributed by atoms with E-state index in [-0.39, 0.29) is 24.4 Å². The molecule has 3 heterocycles. The molecule has 3 aliphatic heterocycles.